The Kier molecular flexibility index (Phi) is 8.05. The molecular weight excluding hydrogens is 550 g/mol. The van der Waals surface area contributed by atoms with Crippen molar-refractivity contribution in [1.29, 1.82) is 0 Å². The molecule has 2 aromatic heterocycles. The fourth-order valence-corrected chi connectivity index (χ4v) is 6.46. The number of aromatic nitrogens is 4. The SMILES string of the molecule is Cc1cc(Nc2ncc(Cl)c(Nc3cn(C)nc3[SH](C)(=O)C(C)C)n2)c(OC2CC2)cc1C1CCN(C=O)CC1. The van der Waals surface area contributed by atoms with Crippen LogP contribution in [-0.2, 0) is 21.8 Å². The Balaban J connectivity index is 1.42. The Labute approximate surface area is 241 Å². The molecule has 1 saturated heterocycles. The van der Waals surface area contributed by atoms with Crippen LogP contribution in [-0.4, -0.2) is 66.0 Å². The van der Waals surface area contributed by atoms with Crippen LogP contribution in [0.15, 0.2) is 29.6 Å². The number of benzene rings is 1. The molecule has 5 rings (SSSR count). The molecule has 40 heavy (non-hydrogen) atoms. The van der Waals surface area contributed by atoms with Gasteiger partial charge in [0.15, 0.2) is 5.82 Å². The van der Waals surface area contributed by atoms with Crippen molar-refractivity contribution >= 4 is 51.1 Å². The lowest BCUT2D eigenvalue weighted by molar-refractivity contribution is -0.119. The summed E-state index contributed by atoms with van der Waals surface area (Å²) in [5.41, 5.74) is 3.79. The standard InChI is InChI=1S/C28H38ClN7O3S/c1-17(2)40(5,38)27-24(15-35(4)34-27)31-26-22(29)14-30-28(33-26)32-23-12-18(3)21(13-25(23)39-20-6-7-20)19-8-10-36(16-37)11-9-19/h12-17,19-20,40H,6-11H2,1-5H3,(H2,30,31,32,33). The minimum atomic E-state index is -2.73. The highest BCUT2D eigenvalue weighted by molar-refractivity contribution is 8.03. The van der Waals surface area contributed by atoms with Gasteiger partial charge in [-0.05, 0) is 68.0 Å². The number of rotatable bonds is 10. The Morgan fingerprint density at radius 2 is 1.88 bits per heavy atom. The minimum Gasteiger partial charge on any atom is -0.488 e. The van der Waals surface area contributed by atoms with Crippen LogP contribution in [0.25, 0.3) is 0 Å². The van der Waals surface area contributed by atoms with Gasteiger partial charge in [-0.2, -0.15) is 10.1 Å². The first-order chi connectivity index (χ1) is 19.0. The summed E-state index contributed by atoms with van der Waals surface area (Å²) in [5.74, 6) is 1.89. The van der Waals surface area contributed by atoms with Gasteiger partial charge in [-0.1, -0.05) is 35.4 Å². The average Bonchev–Trinajstić information content (AvgIpc) is 3.66. The number of nitrogens with zero attached hydrogens (tertiary/aromatic N) is 5. The van der Waals surface area contributed by atoms with Crippen LogP contribution in [0.5, 0.6) is 5.75 Å². The Hall–Kier alpha value is -3.18. The van der Waals surface area contributed by atoms with Crippen molar-refractivity contribution in [3.63, 3.8) is 0 Å². The molecule has 3 aromatic rings. The van der Waals surface area contributed by atoms with Gasteiger partial charge in [0, 0.05) is 31.6 Å². The summed E-state index contributed by atoms with van der Waals surface area (Å²) in [6.07, 6.45) is 10.2. The van der Waals surface area contributed by atoms with Gasteiger partial charge in [0.2, 0.25) is 12.4 Å². The van der Waals surface area contributed by atoms with Gasteiger partial charge in [-0.25, -0.2) is 4.98 Å². The molecule has 0 spiro atoms. The van der Waals surface area contributed by atoms with Crippen molar-refractivity contribution in [3.05, 3.63) is 40.7 Å². The zero-order valence-electron chi connectivity index (χ0n) is 23.6. The topological polar surface area (TPSA) is 114 Å². The highest BCUT2D eigenvalue weighted by atomic mass is 35.5. The van der Waals surface area contributed by atoms with E-state index in [1.165, 1.54) is 11.8 Å². The van der Waals surface area contributed by atoms with Crippen molar-refractivity contribution in [2.45, 2.75) is 68.8 Å². The van der Waals surface area contributed by atoms with E-state index >= 15 is 0 Å². The summed E-state index contributed by atoms with van der Waals surface area (Å²) in [5, 5.41) is 11.8. The number of aryl methyl sites for hydroxylation is 2. The highest BCUT2D eigenvalue weighted by Crippen LogP contribution is 2.40. The normalized spacial score (nSPS) is 16.7. The Morgan fingerprint density at radius 1 is 1.15 bits per heavy atom. The number of likely N-dealkylation sites (tertiary alicyclic amines) is 1. The van der Waals surface area contributed by atoms with Gasteiger partial charge in [0.05, 0.1) is 23.7 Å². The smallest absolute Gasteiger partial charge is 0.229 e. The maximum atomic E-state index is 13.4. The zero-order valence-corrected chi connectivity index (χ0v) is 25.3. The third-order valence-electron chi connectivity index (χ3n) is 7.76. The van der Waals surface area contributed by atoms with E-state index in [0.717, 1.165) is 62.2 Å². The van der Waals surface area contributed by atoms with E-state index in [9.17, 15) is 9.00 Å². The fraction of sp³-hybridized carbons (Fsp3) is 0.500. The van der Waals surface area contributed by atoms with Crippen molar-refractivity contribution in [1.82, 2.24) is 24.6 Å². The molecule has 1 aliphatic carbocycles. The van der Waals surface area contributed by atoms with Crippen LogP contribution in [0.2, 0.25) is 5.02 Å². The van der Waals surface area contributed by atoms with Crippen LogP contribution in [0.4, 0.5) is 23.1 Å². The first-order valence-electron chi connectivity index (χ1n) is 13.7. The predicted molar refractivity (Wildman–Crippen MR) is 160 cm³/mol. The van der Waals surface area contributed by atoms with E-state index in [2.05, 4.69) is 44.8 Å². The number of halogens is 1. The van der Waals surface area contributed by atoms with Gasteiger partial charge in [-0.15, -0.1) is 0 Å². The third kappa shape index (κ3) is 6.10. The number of anilines is 4. The molecule has 1 aliphatic heterocycles. The fourth-order valence-electron chi connectivity index (χ4n) is 4.92. The van der Waals surface area contributed by atoms with Gasteiger partial charge >= 0.3 is 0 Å². The van der Waals surface area contributed by atoms with Gasteiger partial charge in [0.25, 0.3) is 0 Å². The highest BCUT2D eigenvalue weighted by Gasteiger charge is 2.28. The second-order valence-electron chi connectivity index (χ2n) is 11.2. The van der Waals surface area contributed by atoms with Crippen molar-refractivity contribution in [3.8, 4) is 5.75 Å². The van der Waals surface area contributed by atoms with Crippen molar-refractivity contribution in [2.75, 3.05) is 30.0 Å². The number of carbonyl (C=O) groups excluding carboxylic acids is 1. The van der Waals surface area contributed by atoms with E-state index in [1.54, 1.807) is 24.2 Å². The van der Waals surface area contributed by atoms with Gasteiger partial charge < -0.3 is 20.3 Å². The van der Waals surface area contributed by atoms with Gasteiger partial charge in [-0.3, -0.25) is 13.7 Å². The summed E-state index contributed by atoms with van der Waals surface area (Å²) in [6.45, 7) is 7.50. The Bertz CT molecular complexity index is 1450. The lowest BCUT2D eigenvalue weighted by atomic mass is 9.86. The second kappa shape index (κ2) is 11.4. The van der Waals surface area contributed by atoms with E-state index < -0.39 is 9.93 Å². The monoisotopic (exact) mass is 587 g/mol. The van der Waals surface area contributed by atoms with E-state index in [-0.39, 0.29) is 11.4 Å². The number of nitrogens with one attached hydrogen (secondary N) is 2. The van der Waals surface area contributed by atoms with Crippen LogP contribution < -0.4 is 15.4 Å². The molecule has 3 heterocycles. The van der Waals surface area contributed by atoms with Crippen LogP contribution >= 0.6 is 11.6 Å². The molecule has 1 saturated carbocycles. The van der Waals surface area contributed by atoms with Gasteiger partial charge in [0.1, 0.15) is 15.8 Å². The Morgan fingerprint density at radius 3 is 2.52 bits per heavy atom. The van der Waals surface area contributed by atoms with Crippen molar-refractivity contribution in [2.24, 2.45) is 7.05 Å². The average molecular weight is 588 g/mol. The number of amides is 1. The van der Waals surface area contributed by atoms with Crippen molar-refractivity contribution < 1.29 is 13.7 Å². The summed E-state index contributed by atoms with van der Waals surface area (Å²) >= 11 is 6.48. The number of hydrogen-bond acceptors (Lipinski definition) is 8. The first-order valence-corrected chi connectivity index (χ1v) is 16.3. The molecule has 2 fully saturated rings. The predicted octanol–water partition coefficient (Wildman–Crippen LogP) is 4.95. The molecule has 0 radical (unpaired) electrons. The molecular formula is C28H38ClN7O3S. The molecule has 0 atom stereocenters. The number of carbonyl (C=O) groups is 1. The summed E-state index contributed by atoms with van der Waals surface area (Å²) in [6, 6.07) is 4.22. The maximum absolute atomic E-state index is 13.4. The number of thiol groups is 1. The molecule has 2 N–H and O–H groups in total. The van der Waals surface area contributed by atoms with Crippen LogP contribution in [0, 0.1) is 6.92 Å². The van der Waals surface area contributed by atoms with E-state index in [0.29, 0.717) is 33.4 Å². The number of piperidine rings is 1. The molecule has 0 bridgehead atoms. The molecule has 10 nitrogen and oxygen atoms in total. The van der Waals surface area contributed by atoms with Crippen LogP contribution in [0.1, 0.15) is 56.6 Å². The minimum absolute atomic E-state index is 0.0604. The first kappa shape index (κ1) is 28.4. The third-order valence-corrected chi connectivity index (χ3v) is 11.2. The lowest BCUT2D eigenvalue weighted by Crippen LogP contribution is -2.31. The lowest BCUT2D eigenvalue weighted by Gasteiger charge is -2.30. The largest absolute Gasteiger partial charge is 0.488 e. The number of hydrogen-bond donors (Lipinski definition) is 3. The number of ether oxygens (including phenoxy) is 1. The second-order valence-corrected chi connectivity index (χ2v) is 15.0. The zero-order chi connectivity index (χ0) is 28.6. The van der Waals surface area contributed by atoms with Crippen LogP contribution in [0.3, 0.4) is 0 Å². The maximum Gasteiger partial charge on any atom is 0.229 e. The quantitative estimate of drug-likeness (QED) is 0.225. The summed E-state index contributed by atoms with van der Waals surface area (Å²) < 4.78 is 21.4. The van der Waals surface area contributed by atoms with E-state index in [4.69, 9.17) is 16.3 Å². The molecule has 216 valence electrons. The molecule has 1 aromatic carbocycles. The molecule has 1 amide bonds. The summed E-state index contributed by atoms with van der Waals surface area (Å²) in [7, 11) is -0.933. The molecule has 12 heteroatoms. The summed E-state index contributed by atoms with van der Waals surface area (Å²) in [4.78, 5) is 22.1. The van der Waals surface area contributed by atoms with E-state index in [1.807, 2.05) is 18.7 Å². The molecule has 0 unspecified atom stereocenters. The molecule has 2 aliphatic rings.